The van der Waals surface area contributed by atoms with Gasteiger partial charge in [0, 0.05) is 68.0 Å². The first kappa shape index (κ1) is 23.9. The van der Waals surface area contributed by atoms with Crippen LogP contribution < -0.4 is 19.8 Å². The number of anilines is 1. The van der Waals surface area contributed by atoms with Gasteiger partial charge in [0.1, 0.15) is 23.3 Å². The van der Waals surface area contributed by atoms with E-state index in [0.29, 0.717) is 5.57 Å². The minimum Gasteiger partial charge on any atom is -0.856 e. The maximum Gasteiger partial charge on any atom is 0.250 e. The van der Waals surface area contributed by atoms with Crippen LogP contribution in [-0.2, 0) is 11.2 Å². The molecule has 0 bridgehead atoms. The smallest absolute Gasteiger partial charge is 0.250 e. The Morgan fingerprint density at radius 1 is 1.08 bits per heavy atom. The Bertz CT molecular complexity index is 1480. The summed E-state index contributed by atoms with van der Waals surface area (Å²) in [5.41, 5.74) is 4.53. The van der Waals surface area contributed by atoms with E-state index in [4.69, 9.17) is 9.83 Å². The van der Waals surface area contributed by atoms with Crippen molar-refractivity contribution in [3.8, 4) is 0 Å². The number of fused-ring (bicyclic) bond motifs is 1. The van der Waals surface area contributed by atoms with E-state index in [-0.39, 0.29) is 16.2 Å². The van der Waals surface area contributed by atoms with E-state index in [9.17, 15) is 9.90 Å². The Balaban J connectivity index is 1.42. The van der Waals surface area contributed by atoms with E-state index in [1.165, 1.54) is 0 Å². The van der Waals surface area contributed by atoms with E-state index < -0.39 is 11.7 Å². The summed E-state index contributed by atoms with van der Waals surface area (Å²) in [6.07, 6.45) is 12.1. The van der Waals surface area contributed by atoms with Crippen molar-refractivity contribution in [2.24, 2.45) is 0 Å². The van der Waals surface area contributed by atoms with Gasteiger partial charge in [-0.25, -0.2) is 0 Å². The van der Waals surface area contributed by atoms with Gasteiger partial charge in [0.05, 0.1) is 11.8 Å². The topological polar surface area (TPSA) is 92.4 Å². The van der Waals surface area contributed by atoms with Gasteiger partial charge < -0.3 is 25.1 Å². The molecule has 3 aliphatic heterocycles. The molecule has 0 radical (unpaired) electrons. The fourth-order valence-electron chi connectivity index (χ4n) is 5.71. The lowest BCUT2D eigenvalue weighted by atomic mass is 10.0. The normalized spacial score (nSPS) is 22.4. The van der Waals surface area contributed by atoms with Gasteiger partial charge in [-0.2, -0.15) is 4.48 Å². The largest absolute Gasteiger partial charge is 0.856 e. The molecule has 2 unspecified atom stereocenters. The monoisotopic (exact) mass is 504 g/mol. The molecule has 2 aromatic carbocycles. The van der Waals surface area contributed by atoms with Gasteiger partial charge in [0.2, 0.25) is 5.70 Å². The lowest BCUT2D eigenvalue weighted by Gasteiger charge is -2.38. The van der Waals surface area contributed by atoms with Gasteiger partial charge in [0.15, 0.2) is 0 Å². The van der Waals surface area contributed by atoms with E-state index in [1.54, 1.807) is 6.26 Å². The van der Waals surface area contributed by atoms with Crippen molar-refractivity contribution in [3.63, 3.8) is 0 Å². The lowest BCUT2D eigenvalue weighted by Crippen LogP contribution is -2.52. The zero-order valence-electron chi connectivity index (χ0n) is 20.8. The first-order valence-corrected chi connectivity index (χ1v) is 12.8. The summed E-state index contributed by atoms with van der Waals surface area (Å²) in [4.78, 5) is 15.7. The average molecular weight is 505 g/mol. The van der Waals surface area contributed by atoms with E-state index >= 15 is 0 Å². The third-order valence-corrected chi connectivity index (χ3v) is 7.46. The number of furan rings is 1. The van der Waals surface area contributed by atoms with Crippen LogP contribution in [0.15, 0.2) is 119 Å². The first-order chi connectivity index (χ1) is 18.6. The molecule has 1 aromatic heterocycles. The predicted octanol–water partition coefficient (Wildman–Crippen LogP) is 3.91. The number of allylic oxidation sites excluding steroid dienone is 5. The maximum absolute atomic E-state index is 13.3. The molecule has 0 spiro atoms. The highest BCUT2D eigenvalue weighted by atomic mass is 16.3. The van der Waals surface area contributed by atoms with Crippen LogP contribution in [0.25, 0.3) is 5.57 Å². The molecule has 3 aliphatic rings. The highest BCUT2D eigenvalue weighted by molar-refractivity contribution is 6.42. The molecule has 38 heavy (non-hydrogen) atoms. The molecular formula is C31H28N4O3. The maximum atomic E-state index is 13.3. The van der Waals surface area contributed by atoms with Gasteiger partial charge in [-0.05, 0) is 35.9 Å². The predicted molar refractivity (Wildman–Crippen MR) is 147 cm³/mol. The quantitative estimate of drug-likeness (QED) is 0.289. The molecule has 4 heterocycles. The number of benzene rings is 2. The first-order valence-electron chi connectivity index (χ1n) is 12.8. The standard InChI is InChI=1S/C31H28N4O3/c32-31(37)30(36)29-28(22-7-2-1-3-8-22)20-26-9-4-5-17-35(26,29)25-13-11-23(12-14-25)34-16-15-33-21-24(34)19-27-10-6-18-38-27/h1-14,17-18,20,24,33H,15-16,19,21H2,(H-,32,37). The zero-order chi connectivity index (χ0) is 26.1. The number of Topliss-reactive ketones (excluding diaryl/α,β-unsaturated/α-hetero) is 1. The van der Waals surface area contributed by atoms with E-state index in [2.05, 4.69) is 22.3 Å². The minimum absolute atomic E-state index is 0.0260. The summed E-state index contributed by atoms with van der Waals surface area (Å²) in [6, 6.07) is 21.9. The number of rotatable bonds is 7. The van der Waals surface area contributed by atoms with Crippen molar-refractivity contribution in [3.05, 3.63) is 126 Å². The second kappa shape index (κ2) is 9.78. The van der Waals surface area contributed by atoms with Crippen LogP contribution >= 0.6 is 0 Å². The Kier molecular flexibility index (Phi) is 6.15. The molecule has 7 heteroatoms. The molecule has 7 nitrogen and oxygen atoms in total. The van der Waals surface area contributed by atoms with Crippen LogP contribution in [0.2, 0.25) is 0 Å². The van der Waals surface area contributed by atoms with E-state index in [0.717, 1.165) is 54.5 Å². The molecule has 1 saturated heterocycles. The Hall–Kier alpha value is -4.46. The Labute approximate surface area is 221 Å². The number of carbonyl (C=O) groups excluding carboxylic acids is 1. The molecule has 2 atom stereocenters. The average Bonchev–Trinajstić information content (AvgIpc) is 3.60. The molecule has 0 aliphatic carbocycles. The summed E-state index contributed by atoms with van der Waals surface area (Å²) in [6.45, 7) is 2.62. The number of nitrogens with one attached hydrogen (secondary N) is 2. The highest BCUT2D eigenvalue weighted by Gasteiger charge is 2.48. The number of hydrogen-bond donors (Lipinski definition) is 2. The fraction of sp³-hybridized carbons (Fsp3) is 0.161. The molecule has 2 N–H and O–H groups in total. The van der Waals surface area contributed by atoms with Crippen LogP contribution in [0.4, 0.5) is 11.4 Å². The number of ketones is 1. The molecule has 190 valence electrons. The molecule has 1 fully saturated rings. The van der Waals surface area contributed by atoms with Crippen molar-refractivity contribution < 1.29 is 14.3 Å². The number of quaternary nitrogens is 1. The van der Waals surface area contributed by atoms with Crippen molar-refractivity contribution in [1.82, 2.24) is 9.80 Å². The minimum atomic E-state index is -1.22. The Morgan fingerprint density at radius 2 is 1.89 bits per heavy atom. The highest BCUT2D eigenvalue weighted by Crippen LogP contribution is 2.47. The number of piperazine rings is 1. The van der Waals surface area contributed by atoms with Crippen LogP contribution in [0.3, 0.4) is 0 Å². The zero-order valence-corrected chi connectivity index (χ0v) is 20.8. The van der Waals surface area contributed by atoms with Gasteiger partial charge in [-0.3, -0.25) is 4.79 Å². The summed E-state index contributed by atoms with van der Waals surface area (Å²) in [5.74, 6) is -1.07. The van der Waals surface area contributed by atoms with Crippen LogP contribution in [0.5, 0.6) is 0 Å². The third kappa shape index (κ3) is 4.02. The lowest BCUT2D eigenvalue weighted by molar-refractivity contribution is -0.218. The number of nitrogens with zero attached hydrogens (tertiary/aromatic N) is 2. The summed E-state index contributed by atoms with van der Waals surface area (Å²) >= 11 is 0. The summed E-state index contributed by atoms with van der Waals surface area (Å²) in [7, 11) is 0. The molecule has 0 saturated carbocycles. The van der Waals surface area contributed by atoms with Crippen molar-refractivity contribution in [2.45, 2.75) is 12.5 Å². The number of hydrogen-bond acceptors (Lipinski definition) is 6. The van der Waals surface area contributed by atoms with Crippen molar-refractivity contribution >= 4 is 28.6 Å². The summed E-state index contributed by atoms with van der Waals surface area (Å²) < 4.78 is 5.58. The van der Waals surface area contributed by atoms with Gasteiger partial charge in [-0.1, -0.05) is 36.4 Å². The van der Waals surface area contributed by atoms with Gasteiger partial charge in [0.25, 0.3) is 5.78 Å². The van der Waals surface area contributed by atoms with Gasteiger partial charge >= 0.3 is 0 Å². The number of carbonyl (C=O) groups is 1. The Morgan fingerprint density at radius 3 is 2.63 bits per heavy atom. The van der Waals surface area contributed by atoms with E-state index in [1.807, 2.05) is 85.1 Å². The summed E-state index contributed by atoms with van der Waals surface area (Å²) in [5, 5.41) is 23.4. The molecule has 6 rings (SSSR count). The molecule has 3 aromatic rings. The third-order valence-electron chi connectivity index (χ3n) is 7.46. The second-order valence-electron chi connectivity index (χ2n) is 9.63. The van der Waals surface area contributed by atoms with Gasteiger partial charge in [-0.15, -0.1) is 0 Å². The van der Waals surface area contributed by atoms with Crippen LogP contribution in [0.1, 0.15) is 11.3 Å². The van der Waals surface area contributed by atoms with Crippen LogP contribution in [0, 0.1) is 5.41 Å². The van der Waals surface area contributed by atoms with Crippen LogP contribution in [-0.4, -0.2) is 37.4 Å². The molecule has 0 amide bonds. The van der Waals surface area contributed by atoms with Crippen molar-refractivity contribution in [1.29, 1.82) is 5.41 Å². The van der Waals surface area contributed by atoms with Crippen molar-refractivity contribution in [2.75, 3.05) is 24.5 Å². The fourth-order valence-corrected chi connectivity index (χ4v) is 5.71. The second-order valence-corrected chi connectivity index (χ2v) is 9.63. The SMILES string of the molecule is N=C([O-])C(=O)C1=C(c2ccccc2)C=C2C=CC=C[N+]21c1ccc(N2CCNCC2Cc2ccco2)cc1. The molecular weight excluding hydrogens is 476 g/mol.